The third-order valence-corrected chi connectivity index (χ3v) is 1.59. The first kappa shape index (κ1) is 11.5. The summed E-state index contributed by atoms with van der Waals surface area (Å²) >= 11 is 0. The normalized spacial score (nSPS) is 11.2. The number of rotatable bonds is 4. The highest BCUT2D eigenvalue weighted by Crippen LogP contribution is 2.12. The quantitative estimate of drug-likeness (QED) is 0.337. The predicted octanol–water partition coefficient (Wildman–Crippen LogP) is -0.473. The Bertz CT molecular complexity index is 334. The molecule has 7 N–H and O–H groups in total. The van der Waals surface area contributed by atoms with Gasteiger partial charge in [0.25, 0.3) is 0 Å². The minimum absolute atomic E-state index is 0.115. The summed E-state index contributed by atoms with van der Waals surface area (Å²) < 4.78 is 0. The molecule has 0 aliphatic rings. The molecule has 1 aromatic heterocycles. The van der Waals surface area contributed by atoms with Gasteiger partial charge in [0.2, 0.25) is 5.95 Å². The second kappa shape index (κ2) is 4.28. The standard InChI is InChI=1S/C8H16N6O/c1-8(2,15)4-11-5-3-6(14-10)13-7(9)12-5/h3,15H,4,10H2,1-2H3,(H4,9,11,12,13,14). The minimum atomic E-state index is -0.823. The number of nitrogens with two attached hydrogens (primary N) is 2. The van der Waals surface area contributed by atoms with E-state index in [4.69, 9.17) is 11.6 Å². The summed E-state index contributed by atoms with van der Waals surface area (Å²) in [6, 6.07) is 1.60. The summed E-state index contributed by atoms with van der Waals surface area (Å²) in [5.41, 5.74) is 7.00. The first-order valence-corrected chi connectivity index (χ1v) is 4.48. The topological polar surface area (TPSA) is 122 Å². The number of nitrogens with one attached hydrogen (secondary N) is 2. The first-order chi connectivity index (χ1) is 6.90. The van der Waals surface area contributed by atoms with Gasteiger partial charge in [0.05, 0.1) is 5.60 Å². The van der Waals surface area contributed by atoms with Gasteiger partial charge in [-0.05, 0) is 13.8 Å². The Labute approximate surface area is 87.9 Å². The van der Waals surface area contributed by atoms with Crippen molar-refractivity contribution < 1.29 is 5.11 Å². The molecule has 1 rings (SSSR count). The third kappa shape index (κ3) is 3.96. The van der Waals surface area contributed by atoms with Crippen LogP contribution < -0.4 is 22.3 Å². The summed E-state index contributed by atoms with van der Waals surface area (Å²) in [6.07, 6.45) is 0. The Hall–Kier alpha value is -1.60. The molecule has 0 spiro atoms. The summed E-state index contributed by atoms with van der Waals surface area (Å²) in [6.45, 7) is 3.73. The van der Waals surface area contributed by atoms with E-state index in [1.165, 1.54) is 0 Å². The maximum atomic E-state index is 9.50. The lowest BCUT2D eigenvalue weighted by molar-refractivity contribution is 0.0944. The van der Waals surface area contributed by atoms with E-state index in [0.29, 0.717) is 18.2 Å². The fourth-order valence-electron chi connectivity index (χ4n) is 0.937. The van der Waals surface area contributed by atoms with E-state index >= 15 is 0 Å². The van der Waals surface area contributed by atoms with E-state index in [2.05, 4.69) is 20.7 Å². The van der Waals surface area contributed by atoms with Gasteiger partial charge >= 0.3 is 0 Å². The van der Waals surface area contributed by atoms with Crippen molar-refractivity contribution in [2.24, 2.45) is 5.84 Å². The molecule has 0 aliphatic carbocycles. The molecule has 0 unspecified atom stereocenters. The molecule has 1 heterocycles. The van der Waals surface area contributed by atoms with Crippen molar-refractivity contribution in [2.75, 3.05) is 23.0 Å². The van der Waals surface area contributed by atoms with Crippen LogP contribution in [0.4, 0.5) is 17.6 Å². The van der Waals surface area contributed by atoms with Gasteiger partial charge in [0, 0.05) is 12.6 Å². The maximum absolute atomic E-state index is 9.50. The molecule has 7 heteroatoms. The fraction of sp³-hybridized carbons (Fsp3) is 0.500. The molecule has 0 radical (unpaired) electrons. The molecule has 1 aromatic rings. The largest absolute Gasteiger partial charge is 0.389 e. The van der Waals surface area contributed by atoms with E-state index < -0.39 is 5.60 Å². The highest BCUT2D eigenvalue weighted by atomic mass is 16.3. The average molecular weight is 212 g/mol. The number of aromatic nitrogens is 2. The van der Waals surface area contributed by atoms with Crippen LogP contribution in [-0.4, -0.2) is 27.2 Å². The Kier molecular flexibility index (Phi) is 3.28. The Morgan fingerprint density at radius 3 is 2.53 bits per heavy atom. The van der Waals surface area contributed by atoms with Crippen molar-refractivity contribution in [2.45, 2.75) is 19.4 Å². The van der Waals surface area contributed by atoms with Gasteiger partial charge in [-0.25, -0.2) is 5.84 Å². The lowest BCUT2D eigenvalue weighted by atomic mass is 10.1. The summed E-state index contributed by atoms with van der Waals surface area (Å²) in [5, 5.41) is 12.4. The van der Waals surface area contributed by atoms with Crippen molar-refractivity contribution in [1.29, 1.82) is 0 Å². The Morgan fingerprint density at radius 1 is 1.40 bits per heavy atom. The average Bonchev–Trinajstić information content (AvgIpc) is 2.13. The number of hydrazine groups is 1. The summed E-state index contributed by atoms with van der Waals surface area (Å²) in [4.78, 5) is 7.76. The summed E-state index contributed by atoms with van der Waals surface area (Å²) in [5.74, 6) is 6.24. The fourth-order valence-corrected chi connectivity index (χ4v) is 0.937. The number of nitrogens with zero attached hydrogens (tertiary/aromatic N) is 2. The van der Waals surface area contributed by atoms with E-state index in [-0.39, 0.29) is 5.95 Å². The van der Waals surface area contributed by atoms with Gasteiger partial charge in [0.15, 0.2) is 0 Å². The first-order valence-electron chi connectivity index (χ1n) is 4.48. The molecule has 0 bridgehead atoms. The van der Waals surface area contributed by atoms with Crippen LogP contribution in [0, 0.1) is 0 Å². The van der Waals surface area contributed by atoms with Crippen molar-refractivity contribution in [3.63, 3.8) is 0 Å². The maximum Gasteiger partial charge on any atom is 0.223 e. The van der Waals surface area contributed by atoms with Crippen molar-refractivity contribution in [3.8, 4) is 0 Å². The molecular weight excluding hydrogens is 196 g/mol. The lowest BCUT2D eigenvalue weighted by Crippen LogP contribution is -2.29. The minimum Gasteiger partial charge on any atom is -0.389 e. The Balaban J connectivity index is 2.73. The predicted molar refractivity (Wildman–Crippen MR) is 59.0 cm³/mol. The number of anilines is 3. The monoisotopic (exact) mass is 212 g/mol. The van der Waals surface area contributed by atoms with Gasteiger partial charge < -0.3 is 21.6 Å². The smallest absolute Gasteiger partial charge is 0.223 e. The van der Waals surface area contributed by atoms with Gasteiger partial charge in [-0.15, -0.1) is 0 Å². The summed E-state index contributed by atoms with van der Waals surface area (Å²) in [7, 11) is 0. The van der Waals surface area contributed by atoms with Crippen LogP contribution in [0.2, 0.25) is 0 Å². The molecule has 0 atom stereocenters. The van der Waals surface area contributed by atoms with Crippen LogP contribution in [0.1, 0.15) is 13.8 Å². The highest BCUT2D eigenvalue weighted by Gasteiger charge is 2.12. The SMILES string of the molecule is CC(C)(O)CNc1cc(NN)nc(N)n1. The van der Waals surface area contributed by atoms with Gasteiger partial charge in [-0.2, -0.15) is 9.97 Å². The zero-order valence-corrected chi connectivity index (χ0v) is 8.78. The highest BCUT2D eigenvalue weighted by molar-refractivity contribution is 5.50. The van der Waals surface area contributed by atoms with Crippen LogP contribution >= 0.6 is 0 Å². The van der Waals surface area contributed by atoms with E-state index in [9.17, 15) is 5.11 Å². The molecule has 7 nitrogen and oxygen atoms in total. The molecule has 0 aliphatic heterocycles. The van der Waals surface area contributed by atoms with Crippen molar-refractivity contribution >= 4 is 17.6 Å². The van der Waals surface area contributed by atoms with E-state index in [1.54, 1.807) is 19.9 Å². The van der Waals surface area contributed by atoms with Crippen molar-refractivity contribution in [1.82, 2.24) is 9.97 Å². The van der Waals surface area contributed by atoms with Crippen LogP contribution in [0.25, 0.3) is 0 Å². The lowest BCUT2D eigenvalue weighted by Gasteiger charge is -2.18. The molecule has 15 heavy (non-hydrogen) atoms. The molecular formula is C8H16N6O. The Morgan fingerprint density at radius 2 is 2.00 bits per heavy atom. The number of hydrogen-bond donors (Lipinski definition) is 5. The molecule has 0 saturated heterocycles. The van der Waals surface area contributed by atoms with Crippen LogP contribution in [0.15, 0.2) is 6.07 Å². The number of nitrogen functional groups attached to an aromatic ring is 2. The van der Waals surface area contributed by atoms with Crippen LogP contribution in [-0.2, 0) is 0 Å². The van der Waals surface area contributed by atoms with Gasteiger partial charge in [-0.1, -0.05) is 0 Å². The third-order valence-electron chi connectivity index (χ3n) is 1.59. The number of hydrogen-bond acceptors (Lipinski definition) is 7. The van der Waals surface area contributed by atoms with E-state index in [1.807, 2.05) is 0 Å². The molecule has 0 saturated carbocycles. The van der Waals surface area contributed by atoms with Gasteiger partial charge in [0.1, 0.15) is 11.6 Å². The van der Waals surface area contributed by atoms with Crippen LogP contribution in [0.3, 0.4) is 0 Å². The zero-order valence-electron chi connectivity index (χ0n) is 8.78. The molecule has 0 amide bonds. The second-order valence-corrected chi connectivity index (χ2v) is 3.81. The van der Waals surface area contributed by atoms with E-state index in [0.717, 1.165) is 0 Å². The second-order valence-electron chi connectivity index (χ2n) is 3.81. The molecule has 84 valence electrons. The molecule has 0 fully saturated rings. The zero-order chi connectivity index (χ0) is 11.5. The number of aliphatic hydroxyl groups is 1. The van der Waals surface area contributed by atoms with Crippen molar-refractivity contribution in [3.05, 3.63) is 6.07 Å². The van der Waals surface area contributed by atoms with Crippen LogP contribution in [0.5, 0.6) is 0 Å². The van der Waals surface area contributed by atoms with Gasteiger partial charge in [-0.3, -0.25) is 0 Å². The molecule has 0 aromatic carbocycles.